The Morgan fingerprint density at radius 3 is 2.52 bits per heavy atom. The van der Waals surface area contributed by atoms with Crippen molar-refractivity contribution in [2.45, 2.75) is 32.7 Å². The molecule has 21 heavy (non-hydrogen) atoms. The van der Waals surface area contributed by atoms with E-state index in [0.717, 1.165) is 18.7 Å². The lowest BCUT2D eigenvalue weighted by atomic mass is 10.0. The van der Waals surface area contributed by atoms with Gasteiger partial charge in [0.1, 0.15) is 0 Å². The van der Waals surface area contributed by atoms with E-state index in [0.29, 0.717) is 6.54 Å². The van der Waals surface area contributed by atoms with Crippen molar-refractivity contribution in [1.82, 2.24) is 9.78 Å². The van der Waals surface area contributed by atoms with Crippen LogP contribution in [0.25, 0.3) is 0 Å². The Kier molecular flexibility index (Phi) is 5.39. The van der Waals surface area contributed by atoms with Gasteiger partial charge in [-0.15, -0.1) is 0 Å². The zero-order valence-corrected chi connectivity index (χ0v) is 13.3. The van der Waals surface area contributed by atoms with Crippen molar-refractivity contribution in [2.24, 2.45) is 12.8 Å². The summed E-state index contributed by atoms with van der Waals surface area (Å²) < 4.78 is 1.87. The van der Waals surface area contributed by atoms with Gasteiger partial charge in [-0.1, -0.05) is 31.5 Å². The molecule has 2 rings (SSSR count). The fourth-order valence-electron chi connectivity index (χ4n) is 2.78. The van der Waals surface area contributed by atoms with Crippen LogP contribution < -0.4 is 10.6 Å². The third kappa shape index (κ3) is 3.64. The number of aryl methyl sites for hydroxylation is 2. The molecule has 0 bridgehead atoms. The van der Waals surface area contributed by atoms with Gasteiger partial charge in [-0.2, -0.15) is 5.10 Å². The summed E-state index contributed by atoms with van der Waals surface area (Å²) in [5.41, 5.74) is 9.62. The molecule has 0 spiro atoms. The number of aromatic nitrogens is 2. The number of nitrogens with zero attached hydrogens (tertiary/aromatic N) is 3. The van der Waals surface area contributed by atoms with E-state index in [-0.39, 0.29) is 6.04 Å². The fraction of sp³-hybridized carbons (Fsp3) is 0.471. The summed E-state index contributed by atoms with van der Waals surface area (Å²) in [6, 6.07) is 10.7. The van der Waals surface area contributed by atoms with Gasteiger partial charge in [0.2, 0.25) is 0 Å². The number of para-hydroxylation sites is 1. The zero-order valence-electron chi connectivity index (χ0n) is 13.3. The van der Waals surface area contributed by atoms with Crippen molar-refractivity contribution < 1.29 is 0 Å². The molecule has 4 heteroatoms. The van der Waals surface area contributed by atoms with Gasteiger partial charge in [0.15, 0.2) is 0 Å². The van der Waals surface area contributed by atoms with E-state index in [1.807, 2.05) is 17.8 Å². The lowest BCUT2D eigenvalue weighted by Gasteiger charge is -2.33. The highest BCUT2D eigenvalue weighted by Crippen LogP contribution is 2.28. The van der Waals surface area contributed by atoms with Crippen LogP contribution in [0.5, 0.6) is 0 Å². The average molecular weight is 286 g/mol. The van der Waals surface area contributed by atoms with Crippen LogP contribution in [0.4, 0.5) is 5.69 Å². The number of anilines is 1. The maximum absolute atomic E-state index is 6.11. The lowest BCUT2D eigenvalue weighted by molar-refractivity contribution is 0.602. The number of benzene rings is 1. The molecule has 1 aromatic carbocycles. The van der Waals surface area contributed by atoms with Gasteiger partial charge in [0, 0.05) is 37.6 Å². The van der Waals surface area contributed by atoms with Gasteiger partial charge in [-0.25, -0.2) is 0 Å². The highest BCUT2D eigenvalue weighted by atomic mass is 15.3. The molecule has 0 saturated heterocycles. The Labute approximate surface area is 127 Å². The van der Waals surface area contributed by atoms with Gasteiger partial charge < -0.3 is 10.6 Å². The maximum atomic E-state index is 6.11. The summed E-state index contributed by atoms with van der Waals surface area (Å²) in [6.45, 7) is 5.87. The van der Waals surface area contributed by atoms with Crippen molar-refractivity contribution in [2.75, 3.05) is 18.0 Å². The number of nitrogens with two attached hydrogens (primary N) is 1. The van der Waals surface area contributed by atoms with Gasteiger partial charge in [0.25, 0.3) is 0 Å². The minimum Gasteiger partial charge on any atom is -0.363 e. The van der Waals surface area contributed by atoms with Crippen molar-refractivity contribution in [3.05, 3.63) is 47.8 Å². The molecule has 2 N–H and O–H groups in total. The molecule has 0 aliphatic carbocycles. The molecular formula is C17H26N4. The van der Waals surface area contributed by atoms with Gasteiger partial charge >= 0.3 is 0 Å². The fourth-order valence-corrected chi connectivity index (χ4v) is 2.78. The summed E-state index contributed by atoms with van der Waals surface area (Å²) in [5.74, 6) is 0. The first kappa shape index (κ1) is 15.6. The molecular weight excluding hydrogens is 260 g/mol. The number of hydrogen-bond donors (Lipinski definition) is 1. The molecule has 4 nitrogen and oxygen atoms in total. The highest BCUT2D eigenvalue weighted by molar-refractivity contribution is 5.49. The molecule has 114 valence electrons. The van der Waals surface area contributed by atoms with Crippen molar-refractivity contribution in [3.63, 3.8) is 0 Å². The third-order valence-corrected chi connectivity index (χ3v) is 3.85. The largest absolute Gasteiger partial charge is 0.363 e. The number of unbranched alkanes of at least 4 members (excludes halogenated alkanes) is 1. The Bertz CT molecular complexity index is 547. The second-order valence-corrected chi connectivity index (χ2v) is 5.48. The second kappa shape index (κ2) is 7.27. The van der Waals surface area contributed by atoms with Crippen molar-refractivity contribution in [3.8, 4) is 0 Å². The van der Waals surface area contributed by atoms with Crippen LogP contribution >= 0.6 is 0 Å². The second-order valence-electron chi connectivity index (χ2n) is 5.48. The summed E-state index contributed by atoms with van der Waals surface area (Å²) in [4.78, 5) is 2.41. The van der Waals surface area contributed by atoms with Crippen molar-refractivity contribution in [1.29, 1.82) is 0 Å². The lowest BCUT2D eigenvalue weighted by Crippen LogP contribution is -2.34. The predicted octanol–water partition coefficient (Wildman–Crippen LogP) is 3.04. The summed E-state index contributed by atoms with van der Waals surface area (Å²) in [5, 5.41) is 4.47. The van der Waals surface area contributed by atoms with E-state index in [1.165, 1.54) is 17.7 Å². The minimum absolute atomic E-state index is 0.174. The Morgan fingerprint density at radius 1 is 1.29 bits per heavy atom. The van der Waals surface area contributed by atoms with Crippen LogP contribution in [0.3, 0.4) is 0 Å². The first-order chi connectivity index (χ1) is 10.2. The van der Waals surface area contributed by atoms with Crippen LogP contribution in [0, 0.1) is 6.92 Å². The van der Waals surface area contributed by atoms with Gasteiger partial charge in [0.05, 0.1) is 11.7 Å². The molecule has 0 aliphatic heterocycles. The molecule has 1 atom stereocenters. The van der Waals surface area contributed by atoms with Crippen LogP contribution in [0.2, 0.25) is 0 Å². The van der Waals surface area contributed by atoms with E-state index in [9.17, 15) is 0 Å². The van der Waals surface area contributed by atoms with E-state index in [1.54, 1.807) is 0 Å². The van der Waals surface area contributed by atoms with Crippen LogP contribution in [-0.4, -0.2) is 22.9 Å². The summed E-state index contributed by atoms with van der Waals surface area (Å²) in [7, 11) is 1.96. The molecule has 0 radical (unpaired) electrons. The third-order valence-electron chi connectivity index (χ3n) is 3.85. The summed E-state index contributed by atoms with van der Waals surface area (Å²) in [6.07, 6.45) is 4.42. The molecule has 2 aromatic rings. The molecule has 0 aliphatic rings. The van der Waals surface area contributed by atoms with Gasteiger partial charge in [-0.05, 0) is 25.5 Å². The monoisotopic (exact) mass is 286 g/mol. The zero-order chi connectivity index (χ0) is 15.2. The Morgan fingerprint density at radius 2 is 2.00 bits per heavy atom. The minimum atomic E-state index is 0.174. The topological polar surface area (TPSA) is 47.1 Å². The summed E-state index contributed by atoms with van der Waals surface area (Å²) >= 11 is 0. The average Bonchev–Trinajstić information content (AvgIpc) is 2.83. The molecule has 1 unspecified atom stereocenters. The quantitative estimate of drug-likeness (QED) is 0.851. The van der Waals surface area contributed by atoms with Crippen LogP contribution in [0.15, 0.2) is 36.5 Å². The van der Waals surface area contributed by atoms with Crippen molar-refractivity contribution >= 4 is 5.69 Å². The smallest absolute Gasteiger partial charge is 0.0698 e. The molecule has 0 fully saturated rings. The standard InChI is InChI=1S/C17H26N4/c1-4-5-11-21(15-9-7-6-8-10-15)17(12-18)16-13-20(3)19-14(16)2/h6-10,13,17H,4-5,11-12,18H2,1-3H3. The highest BCUT2D eigenvalue weighted by Gasteiger charge is 2.22. The molecule has 1 heterocycles. The van der Waals surface area contributed by atoms with E-state index in [2.05, 4.69) is 54.3 Å². The van der Waals surface area contributed by atoms with Gasteiger partial charge in [-0.3, -0.25) is 4.68 Å². The van der Waals surface area contributed by atoms with E-state index in [4.69, 9.17) is 5.73 Å². The maximum Gasteiger partial charge on any atom is 0.0698 e. The Hall–Kier alpha value is -1.81. The predicted molar refractivity (Wildman–Crippen MR) is 88.4 cm³/mol. The Balaban J connectivity index is 2.35. The molecule has 0 amide bonds. The number of hydrogen-bond acceptors (Lipinski definition) is 3. The molecule has 0 saturated carbocycles. The first-order valence-electron chi connectivity index (χ1n) is 7.69. The first-order valence-corrected chi connectivity index (χ1v) is 7.69. The van der Waals surface area contributed by atoms with Crippen LogP contribution in [0.1, 0.15) is 37.1 Å². The molecule has 1 aromatic heterocycles. The number of rotatable bonds is 7. The SMILES string of the molecule is CCCCN(c1ccccc1)C(CN)c1cn(C)nc1C. The van der Waals surface area contributed by atoms with Crippen LogP contribution in [-0.2, 0) is 7.05 Å². The van der Waals surface area contributed by atoms with E-state index >= 15 is 0 Å². The normalized spacial score (nSPS) is 12.4. The van der Waals surface area contributed by atoms with E-state index < -0.39 is 0 Å².